The summed E-state index contributed by atoms with van der Waals surface area (Å²) in [5, 5.41) is 3.54. The Balaban J connectivity index is 1.38. The van der Waals surface area contributed by atoms with Gasteiger partial charge in [0.05, 0.1) is 10.9 Å². The van der Waals surface area contributed by atoms with Crippen LogP contribution >= 0.6 is 0 Å². The summed E-state index contributed by atoms with van der Waals surface area (Å²) in [5.74, 6) is 1.42. The molecule has 1 aliphatic rings. The van der Waals surface area contributed by atoms with Crippen LogP contribution in [0.4, 0.5) is 0 Å². The van der Waals surface area contributed by atoms with Gasteiger partial charge in [-0.15, -0.1) is 0 Å². The molecular formula is C20H28N4O2. The summed E-state index contributed by atoms with van der Waals surface area (Å²) in [6, 6.07) is 7.24. The first-order chi connectivity index (χ1) is 12.6. The summed E-state index contributed by atoms with van der Waals surface area (Å²) in [7, 11) is 0. The second-order valence-electron chi connectivity index (χ2n) is 7.26. The van der Waals surface area contributed by atoms with E-state index in [4.69, 9.17) is 0 Å². The average Bonchev–Trinajstić information content (AvgIpc) is 2.65. The predicted molar refractivity (Wildman–Crippen MR) is 103 cm³/mol. The molecule has 0 saturated carbocycles. The number of amides is 1. The molecule has 0 spiro atoms. The van der Waals surface area contributed by atoms with Crippen molar-refractivity contribution < 1.29 is 4.79 Å². The van der Waals surface area contributed by atoms with Gasteiger partial charge < -0.3 is 15.2 Å². The minimum absolute atomic E-state index is 0.00748. The number of aromatic nitrogens is 2. The molecule has 0 radical (unpaired) electrons. The fourth-order valence-corrected chi connectivity index (χ4v) is 3.39. The summed E-state index contributed by atoms with van der Waals surface area (Å²) in [4.78, 5) is 33.7. The van der Waals surface area contributed by atoms with Gasteiger partial charge in [0.25, 0.3) is 5.56 Å². The lowest BCUT2D eigenvalue weighted by Crippen LogP contribution is -2.35. The van der Waals surface area contributed by atoms with E-state index in [1.807, 2.05) is 18.2 Å². The van der Waals surface area contributed by atoms with Crippen molar-refractivity contribution in [2.45, 2.75) is 39.0 Å². The van der Waals surface area contributed by atoms with E-state index in [0.717, 1.165) is 18.9 Å². The highest BCUT2D eigenvalue weighted by molar-refractivity contribution is 5.78. The van der Waals surface area contributed by atoms with Crippen LogP contribution in [0.15, 0.2) is 29.1 Å². The van der Waals surface area contributed by atoms with E-state index in [2.05, 4.69) is 27.1 Å². The number of H-pyrrole nitrogens is 1. The molecule has 0 atom stereocenters. The molecule has 1 fully saturated rings. The normalized spacial score (nSPS) is 16.0. The molecule has 2 aromatic rings. The third-order valence-electron chi connectivity index (χ3n) is 5.10. The highest BCUT2D eigenvalue weighted by atomic mass is 16.1. The minimum Gasteiger partial charge on any atom is -0.356 e. The van der Waals surface area contributed by atoms with E-state index in [9.17, 15) is 9.59 Å². The number of hydrogen-bond donors (Lipinski definition) is 2. The first kappa shape index (κ1) is 18.6. The molecule has 26 heavy (non-hydrogen) atoms. The van der Waals surface area contributed by atoms with Crippen LogP contribution in [-0.2, 0) is 11.2 Å². The smallest absolute Gasteiger partial charge is 0.258 e. The van der Waals surface area contributed by atoms with Gasteiger partial charge in [-0.2, -0.15) is 0 Å². The van der Waals surface area contributed by atoms with Gasteiger partial charge in [-0.3, -0.25) is 9.59 Å². The maximum absolute atomic E-state index is 12.0. The molecule has 6 heteroatoms. The number of carbonyl (C=O) groups is 1. The quantitative estimate of drug-likeness (QED) is 0.745. The summed E-state index contributed by atoms with van der Waals surface area (Å²) >= 11 is 0. The number of piperidine rings is 1. The van der Waals surface area contributed by atoms with E-state index in [1.54, 1.807) is 6.07 Å². The number of rotatable bonds is 7. The zero-order valence-electron chi connectivity index (χ0n) is 15.5. The molecule has 0 unspecified atom stereocenters. The van der Waals surface area contributed by atoms with Crippen molar-refractivity contribution in [3.05, 3.63) is 40.4 Å². The Morgan fingerprint density at radius 3 is 2.88 bits per heavy atom. The number of likely N-dealkylation sites (tertiary alicyclic amines) is 1. The number of fused-ring (bicyclic) bond motifs is 1. The Kier molecular flexibility index (Phi) is 6.39. The largest absolute Gasteiger partial charge is 0.356 e. The first-order valence-electron chi connectivity index (χ1n) is 9.59. The summed E-state index contributed by atoms with van der Waals surface area (Å²) in [5.41, 5.74) is 0.518. The monoisotopic (exact) mass is 356 g/mol. The topological polar surface area (TPSA) is 78.1 Å². The maximum atomic E-state index is 12.0. The van der Waals surface area contributed by atoms with Crippen LogP contribution in [0.1, 0.15) is 38.4 Å². The Morgan fingerprint density at radius 2 is 2.08 bits per heavy atom. The second kappa shape index (κ2) is 8.94. The second-order valence-corrected chi connectivity index (χ2v) is 7.26. The third-order valence-corrected chi connectivity index (χ3v) is 5.10. The van der Waals surface area contributed by atoms with Crippen LogP contribution in [0.2, 0.25) is 0 Å². The van der Waals surface area contributed by atoms with Crippen LogP contribution in [-0.4, -0.2) is 47.0 Å². The van der Waals surface area contributed by atoms with Gasteiger partial charge in [0, 0.05) is 19.4 Å². The number of carbonyl (C=O) groups excluding carboxylic acids is 1. The van der Waals surface area contributed by atoms with E-state index in [0.29, 0.717) is 36.1 Å². The zero-order valence-corrected chi connectivity index (χ0v) is 15.5. The lowest BCUT2D eigenvalue weighted by Gasteiger charge is -2.30. The zero-order chi connectivity index (χ0) is 18.4. The van der Waals surface area contributed by atoms with Crippen molar-refractivity contribution in [3.8, 4) is 0 Å². The van der Waals surface area contributed by atoms with Gasteiger partial charge in [-0.1, -0.05) is 19.1 Å². The van der Waals surface area contributed by atoms with E-state index in [-0.39, 0.29) is 11.5 Å². The van der Waals surface area contributed by atoms with Gasteiger partial charge >= 0.3 is 0 Å². The van der Waals surface area contributed by atoms with Gasteiger partial charge in [0.2, 0.25) is 5.91 Å². The SMILES string of the molecule is CC1CCN(CCCNC(=O)CCc2nc3ccccc3c(=O)[nH]2)CC1. The van der Waals surface area contributed by atoms with Crippen LogP contribution in [0.5, 0.6) is 0 Å². The summed E-state index contributed by atoms with van der Waals surface area (Å²) in [6.45, 7) is 6.42. The molecule has 1 aliphatic heterocycles. The molecule has 3 rings (SSSR count). The number of aromatic amines is 1. The molecule has 6 nitrogen and oxygen atoms in total. The van der Waals surface area contributed by atoms with Crippen LogP contribution in [0, 0.1) is 5.92 Å². The third kappa shape index (κ3) is 5.14. The Morgan fingerprint density at radius 1 is 1.31 bits per heavy atom. The highest BCUT2D eigenvalue weighted by Gasteiger charge is 2.14. The Hall–Kier alpha value is -2.21. The van der Waals surface area contributed by atoms with Crippen molar-refractivity contribution >= 4 is 16.8 Å². The fourth-order valence-electron chi connectivity index (χ4n) is 3.39. The number of nitrogens with one attached hydrogen (secondary N) is 2. The number of aryl methyl sites for hydroxylation is 1. The summed E-state index contributed by atoms with van der Waals surface area (Å²) in [6.07, 6.45) is 4.32. The van der Waals surface area contributed by atoms with Crippen LogP contribution in [0.25, 0.3) is 10.9 Å². The molecule has 0 aliphatic carbocycles. The molecule has 2 heterocycles. The first-order valence-corrected chi connectivity index (χ1v) is 9.59. The number of nitrogens with zero attached hydrogens (tertiary/aromatic N) is 2. The lowest BCUT2D eigenvalue weighted by atomic mass is 9.99. The molecule has 140 valence electrons. The molecule has 1 aromatic heterocycles. The Labute approximate surface area is 154 Å². The van der Waals surface area contributed by atoms with Crippen molar-refractivity contribution in [3.63, 3.8) is 0 Å². The van der Waals surface area contributed by atoms with Gasteiger partial charge in [-0.05, 0) is 56.9 Å². The van der Waals surface area contributed by atoms with Crippen molar-refractivity contribution in [1.29, 1.82) is 0 Å². The highest BCUT2D eigenvalue weighted by Crippen LogP contribution is 2.15. The molecule has 1 aromatic carbocycles. The van der Waals surface area contributed by atoms with Crippen molar-refractivity contribution in [2.24, 2.45) is 5.92 Å². The molecule has 1 saturated heterocycles. The van der Waals surface area contributed by atoms with Gasteiger partial charge in [-0.25, -0.2) is 4.98 Å². The molecular weight excluding hydrogens is 328 g/mol. The molecule has 0 bridgehead atoms. The Bertz CT molecular complexity index is 794. The minimum atomic E-state index is -0.151. The van der Waals surface area contributed by atoms with Crippen LogP contribution < -0.4 is 10.9 Å². The van der Waals surface area contributed by atoms with Gasteiger partial charge in [0.1, 0.15) is 5.82 Å². The van der Waals surface area contributed by atoms with E-state index >= 15 is 0 Å². The lowest BCUT2D eigenvalue weighted by molar-refractivity contribution is -0.121. The van der Waals surface area contributed by atoms with E-state index < -0.39 is 0 Å². The van der Waals surface area contributed by atoms with Crippen molar-refractivity contribution in [1.82, 2.24) is 20.2 Å². The fraction of sp³-hybridized carbons (Fsp3) is 0.550. The predicted octanol–water partition coefficient (Wildman–Crippen LogP) is 2.09. The number of para-hydroxylation sites is 1. The molecule has 1 amide bonds. The van der Waals surface area contributed by atoms with E-state index in [1.165, 1.54) is 25.9 Å². The number of benzene rings is 1. The maximum Gasteiger partial charge on any atom is 0.258 e. The van der Waals surface area contributed by atoms with Gasteiger partial charge in [0.15, 0.2) is 0 Å². The molecule has 2 N–H and O–H groups in total. The average molecular weight is 356 g/mol. The van der Waals surface area contributed by atoms with Crippen molar-refractivity contribution in [2.75, 3.05) is 26.2 Å². The number of hydrogen-bond acceptors (Lipinski definition) is 4. The standard InChI is InChI=1S/C20H28N4O2/c1-15-9-13-24(14-10-15)12-4-11-21-19(25)8-7-18-22-17-6-3-2-5-16(17)20(26)23-18/h2-3,5-6,15H,4,7-14H2,1H3,(H,21,25)(H,22,23,26). The summed E-state index contributed by atoms with van der Waals surface area (Å²) < 4.78 is 0. The van der Waals surface area contributed by atoms with Crippen LogP contribution in [0.3, 0.4) is 0 Å².